The van der Waals surface area contributed by atoms with Crippen LogP contribution in [0.1, 0.15) is 31.4 Å². The molecule has 0 radical (unpaired) electrons. The molecule has 0 aliphatic heterocycles. The molecule has 1 atom stereocenters. The Morgan fingerprint density at radius 1 is 1.39 bits per heavy atom. The summed E-state index contributed by atoms with van der Waals surface area (Å²) in [7, 11) is 1.64. The van der Waals surface area contributed by atoms with E-state index < -0.39 is 5.38 Å². The van der Waals surface area contributed by atoms with Crippen LogP contribution in [0.3, 0.4) is 0 Å². The van der Waals surface area contributed by atoms with E-state index in [1.54, 1.807) is 7.11 Å². The van der Waals surface area contributed by atoms with Crippen molar-refractivity contribution in [1.29, 1.82) is 0 Å². The summed E-state index contributed by atoms with van der Waals surface area (Å²) in [6.45, 7) is 4.42. The maximum absolute atomic E-state index is 11.9. The van der Waals surface area contributed by atoms with E-state index in [-0.39, 0.29) is 5.91 Å². The maximum atomic E-state index is 11.9. The third kappa shape index (κ3) is 3.72. The van der Waals surface area contributed by atoms with Gasteiger partial charge in [0.15, 0.2) is 0 Å². The number of benzene rings is 1. The van der Waals surface area contributed by atoms with Crippen LogP contribution in [0.25, 0.3) is 0 Å². The van der Waals surface area contributed by atoms with Crippen LogP contribution in [0, 0.1) is 0 Å². The van der Waals surface area contributed by atoms with Gasteiger partial charge in [-0.05, 0) is 18.4 Å². The van der Waals surface area contributed by atoms with Crippen LogP contribution in [-0.2, 0) is 22.6 Å². The highest BCUT2D eigenvalue weighted by Gasteiger charge is 2.16. The molecule has 4 heteroatoms. The molecule has 1 aromatic rings. The van der Waals surface area contributed by atoms with Crippen molar-refractivity contribution >= 4 is 23.2 Å². The molecule has 1 aromatic carbocycles. The quantitative estimate of drug-likeness (QED) is 0.805. The zero-order valence-electron chi connectivity index (χ0n) is 11.1. The van der Waals surface area contributed by atoms with E-state index in [2.05, 4.69) is 12.2 Å². The number of carbonyl (C=O) groups excluding carboxylic acids is 1. The van der Waals surface area contributed by atoms with Crippen molar-refractivity contribution in [3.05, 3.63) is 29.3 Å². The number of ether oxygens (including phenoxy) is 1. The predicted molar refractivity (Wildman–Crippen MR) is 75.1 cm³/mol. The van der Waals surface area contributed by atoms with Crippen molar-refractivity contribution in [3.63, 3.8) is 0 Å². The Kier molecular flexibility index (Phi) is 6.16. The second kappa shape index (κ2) is 7.39. The van der Waals surface area contributed by atoms with E-state index in [4.69, 9.17) is 16.3 Å². The van der Waals surface area contributed by atoms with Gasteiger partial charge in [-0.1, -0.05) is 32.0 Å². The van der Waals surface area contributed by atoms with E-state index >= 15 is 0 Å². The fourth-order valence-corrected chi connectivity index (χ4v) is 1.83. The number of hydrogen-bond donors (Lipinski definition) is 1. The molecule has 0 spiro atoms. The molecule has 1 unspecified atom stereocenters. The van der Waals surface area contributed by atoms with E-state index in [9.17, 15) is 4.79 Å². The highest BCUT2D eigenvalue weighted by Crippen LogP contribution is 2.23. The first-order chi connectivity index (χ1) is 8.63. The van der Waals surface area contributed by atoms with Gasteiger partial charge < -0.3 is 10.1 Å². The summed E-state index contributed by atoms with van der Waals surface area (Å²) in [4.78, 5) is 11.9. The van der Waals surface area contributed by atoms with Gasteiger partial charge >= 0.3 is 0 Å². The molecule has 1 rings (SSSR count). The molecule has 3 nitrogen and oxygen atoms in total. The molecular formula is C14H20ClNO2. The second-order valence-corrected chi connectivity index (χ2v) is 4.63. The van der Waals surface area contributed by atoms with E-state index in [0.717, 1.165) is 23.2 Å². The van der Waals surface area contributed by atoms with E-state index in [0.29, 0.717) is 13.0 Å². The first-order valence-electron chi connectivity index (χ1n) is 6.18. The number of alkyl halides is 1. The molecule has 0 aliphatic rings. The molecule has 100 valence electrons. The molecule has 18 heavy (non-hydrogen) atoms. The molecule has 1 amide bonds. The van der Waals surface area contributed by atoms with Crippen LogP contribution in [0.4, 0.5) is 5.69 Å². The van der Waals surface area contributed by atoms with Gasteiger partial charge in [0, 0.05) is 18.4 Å². The summed E-state index contributed by atoms with van der Waals surface area (Å²) in [6, 6.07) is 5.93. The highest BCUT2D eigenvalue weighted by molar-refractivity contribution is 6.32. The van der Waals surface area contributed by atoms with Crippen LogP contribution in [0.2, 0.25) is 0 Å². The molecule has 1 N–H and O–H groups in total. The van der Waals surface area contributed by atoms with Gasteiger partial charge in [0.05, 0.1) is 6.61 Å². The monoisotopic (exact) mass is 269 g/mol. The minimum Gasteiger partial charge on any atom is -0.380 e. The summed E-state index contributed by atoms with van der Waals surface area (Å²) < 4.78 is 5.15. The number of para-hydroxylation sites is 1. The predicted octanol–water partition coefficient (Wildman–Crippen LogP) is 3.35. The fourth-order valence-electron chi connectivity index (χ4n) is 1.77. The van der Waals surface area contributed by atoms with Gasteiger partial charge in [0.1, 0.15) is 5.38 Å². The Balaban J connectivity index is 3.00. The average molecular weight is 270 g/mol. The number of carbonyl (C=O) groups is 1. The van der Waals surface area contributed by atoms with Crippen LogP contribution >= 0.6 is 11.6 Å². The van der Waals surface area contributed by atoms with Crippen LogP contribution in [0.15, 0.2) is 18.2 Å². The normalized spacial score (nSPS) is 12.2. The standard InChI is InChI=1S/C14H20ClNO2/c1-4-10-7-6-8-11(9-18-3)13(10)16-14(17)12(15)5-2/h6-8,12H,4-5,9H2,1-3H3,(H,16,17). The number of methoxy groups -OCH3 is 1. The van der Waals surface area contributed by atoms with E-state index in [1.807, 2.05) is 25.1 Å². The van der Waals surface area contributed by atoms with Crippen LogP contribution in [-0.4, -0.2) is 18.4 Å². The molecule has 0 bridgehead atoms. The Bertz CT molecular complexity index is 407. The van der Waals surface area contributed by atoms with Gasteiger partial charge in [-0.25, -0.2) is 0 Å². The first-order valence-corrected chi connectivity index (χ1v) is 6.62. The number of amides is 1. The summed E-state index contributed by atoms with van der Waals surface area (Å²) in [6.07, 6.45) is 1.47. The van der Waals surface area contributed by atoms with Crippen LogP contribution < -0.4 is 5.32 Å². The average Bonchev–Trinajstić information content (AvgIpc) is 2.39. The third-order valence-electron chi connectivity index (χ3n) is 2.81. The first kappa shape index (κ1) is 15.0. The summed E-state index contributed by atoms with van der Waals surface area (Å²) in [5, 5.41) is 2.42. The van der Waals surface area contributed by atoms with Crippen molar-refractivity contribution in [1.82, 2.24) is 0 Å². The third-order valence-corrected chi connectivity index (χ3v) is 3.32. The number of nitrogens with one attached hydrogen (secondary N) is 1. The van der Waals surface area contributed by atoms with Gasteiger partial charge in [0.2, 0.25) is 5.91 Å². The number of halogens is 1. The lowest BCUT2D eigenvalue weighted by atomic mass is 10.0. The van der Waals surface area contributed by atoms with Crippen molar-refractivity contribution < 1.29 is 9.53 Å². The van der Waals surface area contributed by atoms with Gasteiger partial charge in [-0.2, -0.15) is 0 Å². The van der Waals surface area contributed by atoms with Crippen molar-refractivity contribution in [3.8, 4) is 0 Å². The highest BCUT2D eigenvalue weighted by atomic mass is 35.5. The minimum absolute atomic E-state index is 0.155. The molecule has 0 saturated carbocycles. The molecule has 0 aliphatic carbocycles. The Labute approximate surface area is 113 Å². The lowest BCUT2D eigenvalue weighted by molar-refractivity contribution is -0.115. The smallest absolute Gasteiger partial charge is 0.242 e. The van der Waals surface area contributed by atoms with Crippen molar-refractivity contribution in [2.45, 2.75) is 38.7 Å². The van der Waals surface area contributed by atoms with Gasteiger partial charge in [-0.15, -0.1) is 11.6 Å². The molecule has 0 aromatic heterocycles. The fraction of sp³-hybridized carbons (Fsp3) is 0.500. The lowest BCUT2D eigenvalue weighted by Crippen LogP contribution is -2.24. The number of rotatable bonds is 6. The van der Waals surface area contributed by atoms with E-state index in [1.165, 1.54) is 0 Å². The Hall–Kier alpha value is -1.06. The Morgan fingerprint density at radius 3 is 2.61 bits per heavy atom. The molecule has 0 fully saturated rings. The topological polar surface area (TPSA) is 38.3 Å². The molecule has 0 heterocycles. The zero-order valence-corrected chi connectivity index (χ0v) is 11.9. The van der Waals surface area contributed by atoms with Gasteiger partial charge in [-0.3, -0.25) is 4.79 Å². The summed E-state index contributed by atoms with van der Waals surface area (Å²) in [5.74, 6) is -0.155. The number of aryl methyl sites for hydroxylation is 1. The van der Waals surface area contributed by atoms with Crippen molar-refractivity contribution in [2.75, 3.05) is 12.4 Å². The SMILES string of the molecule is CCc1cccc(COC)c1NC(=O)C(Cl)CC. The summed E-state index contributed by atoms with van der Waals surface area (Å²) >= 11 is 5.95. The van der Waals surface area contributed by atoms with Crippen LogP contribution in [0.5, 0.6) is 0 Å². The number of anilines is 1. The zero-order chi connectivity index (χ0) is 13.5. The number of hydrogen-bond acceptors (Lipinski definition) is 2. The second-order valence-electron chi connectivity index (χ2n) is 4.10. The van der Waals surface area contributed by atoms with Gasteiger partial charge in [0.25, 0.3) is 0 Å². The summed E-state index contributed by atoms with van der Waals surface area (Å²) in [5.41, 5.74) is 2.91. The molecule has 0 saturated heterocycles. The minimum atomic E-state index is -0.495. The Morgan fingerprint density at radius 2 is 2.06 bits per heavy atom. The largest absolute Gasteiger partial charge is 0.380 e. The van der Waals surface area contributed by atoms with Crippen molar-refractivity contribution in [2.24, 2.45) is 0 Å². The maximum Gasteiger partial charge on any atom is 0.242 e. The lowest BCUT2D eigenvalue weighted by Gasteiger charge is -2.16. The molecular weight excluding hydrogens is 250 g/mol.